The van der Waals surface area contributed by atoms with Crippen LogP contribution in [0.1, 0.15) is 12.5 Å². The Balaban J connectivity index is 1.84. The third kappa shape index (κ3) is 2.42. The van der Waals surface area contributed by atoms with Crippen LogP contribution in [0.4, 0.5) is 0 Å². The molecular formula is C15H16O2. The fourth-order valence-electron chi connectivity index (χ4n) is 1.94. The maximum Gasteiger partial charge on any atom is 0.120 e. The van der Waals surface area contributed by atoms with Crippen LogP contribution in [-0.2, 0) is 11.2 Å². The lowest BCUT2D eigenvalue weighted by molar-refractivity contribution is 0.263. The zero-order valence-corrected chi connectivity index (χ0v) is 9.98. The van der Waals surface area contributed by atoms with Crippen molar-refractivity contribution in [3.05, 3.63) is 42.0 Å². The van der Waals surface area contributed by atoms with Crippen LogP contribution in [0.5, 0.6) is 5.75 Å². The van der Waals surface area contributed by atoms with Gasteiger partial charge in [0.1, 0.15) is 18.5 Å². The highest BCUT2D eigenvalue weighted by Crippen LogP contribution is 2.23. The van der Waals surface area contributed by atoms with Gasteiger partial charge in [-0.3, -0.25) is 0 Å². The van der Waals surface area contributed by atoms with Crippen molar-refractivity contribution in [3.8, 4) is 5.75 Å². The van der Waals surface area contributed by atoms with Crippen LogP contribution in [0, 0.1) is 0 Å². The molecule has 1 atom stereocenters. The highest BCUT2D eigenvalue weighted by molar-refractivity contribution is 5.84. The third-order valence-corrected chi connectivity index (χ3v) is 3.12. The topological polar surface area (TPSA) is 21.8 Å². The van der Waals surface area contributed by atoms with E-state index >= 15 is 0 Å². The number of aryl methyl sites for hydroxylation is 1. The zero-order valence-electron chi connectivity index (χ0n) is 9.98. The molecular weight excluding hydrogens is 212 g/mol. The van der Waals surface area contributed by atoms with Crippen LogP contribution in [0.25, 0.3) is 10.8 Å². The quantitative estimate of drug-likeness (QED) is 0.750. The second-order valence-electron chi connectivity index (χ2n) is 4.46. The number of epoxide rings is 1. The molecule has 2 heteroatoms. The normalized spacial score (nSPS) is 18.3. The molecule has 1 aliphatic rings. The molecule has 1 saturated heterocycles. The number of benzene rings is 2. The lowest BCUT2D eigenvalue weighted by Gasteiger charge is -2.06. The maximum absolute atomic E-state index is 5.67. The van der Waals surface area contributed by atoms with Crippen molar-refractivity contribution >= 4 is 10.8 Å². The SMILES string of the molecule is CCc1ccc2cc(OCC3CO3)ccc2c1. The van der Waals surface area contributed by atoms with E-state index in [0.29, 0.717) is 12.7 Å². The van der Waals surface area contributed by atoms with E-state index < -0.39 is 0 Å². The molecule has 0 amide bonds. The molecule has 2 aromatic carbocycles. The second-order valence-corrected chi connectivity index (χ2v) is 4.46. The standard InChI is InChI=1S/C15H16O2/c1-2-11-3-4-13-8-14(6-5-12(13)7-11)16-9-15-10-17-15/h3-8,15H,2,9-10H2,1H3. The first-order valence-corrected chi connectivity index (χ1v) is 6.12. The van der Waals surface area contributed by atoms with Gasteiger partial charge in [0.05, 0.1) is 6.61 Å². The molecule has 88 valence electrons. The van der Waals surface area contributed by atoms with Crippen LogP contribution in [0.15, 0.2) is 36.4 Å². The van der Waals surface area contributed by atoms with Crippen LogP contribution < -0.4 is 4.74 Å². The lowest BCUT2D eigenvalue weighted by atomic mass is 10.1. The number of ether oxygens (including phenoxy) is 2. The Kier molecular flexibility index (Phi) is 2.73. The largest absolute Gasteiger partial charge is 0.491 e. The molecule has 0 aliphatic carbocycles. The molecule has 3 rings (SSSR count). The summed E-state index contributed by atoms with van der Waals surface area (Å²) in [5.41, 5.74) is 1.37. The van der Waals surface area contributed by atoms with Crippen LogP contribution in [0.2, 0.25) is 0 Å². The summed E-state index contributed by atoms with van der Waals surface area (Å²) in [6.45, 7) is 3.68. The van der Waals surface area contributed by atoms with E-state index in [4.69, 9.17) is 9.47 Å². The Morgan fingerprint density at radius 3 is 2.71 bits per heavy atom. The smallest absolute Gasteiger partial charge is 0.120 e. The molecule has 1 unspecified atom stereocenters. The Morgan fingerprint density at radius 1 is 1.18 bits per heavy atom. The number of rotatable bonds is 4. The number of hydrogen-bond donors (Lipinski definition) is 0. The summed E-state index contributed by atoms with van der Waals surface area (Å²) in [5.74, 6) is 0.928. The first-order valence-electron chi connectivity index (χ1n) is 6.12. The van der Waals surface area contributed by atoms with E-state index in [2.05, 4.69) is 37.3 Å². The molecule has 1 heterocycles. The molecule has 0 saturated carbocycles. The zero-order chi connectivity index (χ0) is 11.7. The molecule has 0 spiro atoms. The monoisotopic (exact) mass is 228 g/mol. The van der Waals surface area contributed by atoms with E-state index in [1.807, 2.05) is 6.07 Å². The van der Waals surface area contributed by atoms with Gasteiger partial charge in [0.2, 0.25) is 0 Å². The van der Waals surface area contributed by atoms with Crippen LogP contribution in [-0.4, -0.2) is 19.3 Å². The van der Waals surface area contributed by atoms with Gasteiger partial charge >= 0.3 is 0 Å². The first-order chi connectivity index (χ1) is 8.35. The molecule has 1 aliphatic heterocycles. The minimum atomic E-state index is 0.313. The summed E-state index contributed by atoms with van der Waals surface area (Å²) in [6.07, 6.45) is 1.39. The van der Waals surface area contributed by atoms with Gasteiger partial charge in [0, 0.05) is 0 Å². The number of fused-ring (bicyclic) bond motifs is 1. The van der Waals surface area contributed by atoms with Crippen molar-refractivity contribution in [2.75, 3.05) is 13.2 Å². The average Bonchev–Trinajstić information content (AvgIpc) is 3.19. The molecule has 17 heavy (non-hydrogen) atoms. The maximum atomic E-state index is 5.67. The van der Waals surface area contributed by atoms with Crippen LogP contribution in [0.3, 0.4) is 0 Å². The van der Waals surface area contributed by atoms with Crippen molar-refractivity contribution in [2.45, 2.75) is 19.4 Å². The summed E-state index contributed by atoms with van der Waals surface area (Å²) >= 11 is 0. The van der Waals surface area contributed by atoms with E-state index in [9.17, 15) is 0 Å². The molecule has 0 N–H and O–H groups in total. The summed E-state index contributed by atoms with van der Waals surface area (Å²) in [6, 6.07) is 12.8. The van der Waals surface area contributed by atoms with Crippen molar-refractivity contribution in [2.24, 2.45) is 0 Å². The Bertz CT molecular complexity index is 529. The minimum Gasteiger partial charge on any atom is -0.491 e. The Hall–Kier alpha value is -1.54. The van der Waals surface area contributed by atoms with E-state index in [-0.39, 0.29) is 0 Å². The van der Waals surface area contributed by atoms with Gasteiger partial charge in [-0.1, -0.05) is 31.2 Å². The minimum absolute atomic E-state index is 0.313. The summed E-state index contributed by atoms with van der Waals surface area (Å²) < 4.78 is 10.8. The van der Waals surface area contributed by atoms with Gasteiger partial charge in [0.25, 0.3) is 0 Å². The van der Waals surface area contributed by atoms with Gasteiger partial charge in [0.15, 0.2) is 0 Å². The highest BCUT2D eigenvalue weighted by atomic mass is 16.6. The first kappa shape index (κ1) is 10.6. The fraction of sp³-hybridized carbons (Fsp3) is 0.333. The average molecular weight is 228 g/mol. The molecule has 0 bridgehead atoms. The summed E-state index contributed by atoms with van der Waals surface area (Å²) in [7, 11) is 0. The van der Waals surface area contributed by atoms with Gasteiger partial charge in [-0.15, -0.1) is 0 Å². The number of hydrogen-bond acceptors (Lipinski definition) is 2. The third-order valence-electron chi connectivity index (χ3n) is 3.12. The van der Waals surface area contributed by atoms with Gasteiger partial charge in [-0.05, 0) is 34.9 Å². The van der Waals surface area contributed by atoms with Crippen LogP contribution >= 0.6 is 0 Å². The molecule has 0 radical (unpaired) electrons. The molecule has 0 aromatic heterocycles. The Labute approximate surface area is 101 Å². The summed E-state index contributed by atoms with van der Waals surface area (Å²) in [4.78, 5) is 0. The predicted molar refractivity (Wildman–Crippen MR) is 68.6 cm³/mol. The predicted octanol–water partition coefficient (Wildman–Crippen LogP) is 3.18. The van der Waals surface area contributed by atoms with Crippen molar-refractivity contribution in [1.82, 2.24) is 0 Å². The summed E-state index contributed by atoms with van der Waals surface area (Å²) in [5, 5.41) is 2.51. The van der Waals surface area contributed by atoms with Crippen molar-refractivity contribution in [3.63, 3.8) is 0 Å². The van der Waals surface area contributed by atoms with Gasteiger partial charge in [-0.2, -0.15) is 0 Å². The van der Waals surface area contributed by atoms with E-state index in [1.165, 1.54) is 16.3 Å². The second kappa shape index (κ2) is 4.38. The van der Waals surface area contributed by atoms with Crippen molar-refractivity contribution < 1.29 is 9.47 Å². The van der Waals surface area contributed by atoms with E-state index in [1.54, 1.807) is 0 Å². The van der Waals surface area contributed by atoms with Crippen molar-refractivity contribution in [1.29, 1.82) is 0 Å². The lowest BCUT2D eigenvalue weighted by Crippen LogP contribution is -2.03. The molecule has 2 aromatic rings. The highest BCUT2D eigenvalue weighted by Gasteiger charge is 2.22. The molecule has 1 fully saturated rings. The van der Waals surface area contributed by atoms with Gasteiger partial charge in [-0.25, -0.2) is 0 Å². The Morgan fingerprint density at radius 2 is 1.94 bits per heavy atom. The molecule has 2 nitrogen and oxygen atoms in total. The van der Waals surface area contributed by atoms with E-state index in [0.717, 1.165) is 18.8 Å². The fourth-order valence-corrected chi connectivity index (χ4v) is 1.94. The van der Waals surface area contributed by atoms with Gasteiger partial charge < -0.3 is 9.47 Å².